The first-order chi connectivity index (χ1) is 5.62. The fraction of sp³-hybridized carbons (Fsp3) is 1.00. The van der Waals surface area contributed by atoms with Gasteiger partial charge >= 0.3 is 0 Å². The van der Waals surface area contributed by atoms with Crippen LogP contribution >= 0.6 is 0 Å². The van der Waals surface area contributed by atoms with E-state index in [1.54, 1.807) is 0 Å². The minimum absolute atomic E-state index is 0.388. The highest BCUT2D eigenvalue weighted by Gasteiger charge is 2.25. The summed E-state index contributed by atoms with van der Waals surface area (Å²) < 4.78 is 6.78. The van der Waals surface area contributed by atoms with Gasteiger partial charge in [-0.3, -0.25) is 0 Å². The van der Waals surface area contributed by atoms with Gasteiger partial charge in [0.15, 0.2) is 0 Å². The molecule has 0 unspecified atom stereocenters. The lowest BCUT2D eigenvalue weighted by atomic mass is 10.4. The molecule has 1 heterocycles. The van der Waals surface area contributed by atoms with E-state index in [4.69, 9.17) is 4.74 Å². The highest BCUT2D eigenvalue weighted by atomic mass is 16.5. The molecule has 0 aromatic heterocycles. The third-order valence-electron chi connectivity index (χ3n) is 2.73. The van der Waals surface area contributed by atoms with Gasteiger partial charge < -0.3 is 9.22 Å². The number of likely N-dealkylation sites (N-methyl/N-ethyl adjacent to an activating group) is 1. The van der Waals surface area contributed by atoms with Crippen molar-refractivity contribution in [3.8, 4) is 0 Å². The smallest absolute Gasteiger partial charge is 0.102 e. The Kier molecular flexibility index (Phi) is 3.53. The van der Waals surface area contributed by atoms with Crippen molar-refractivity contribution in [2.75, 3.05) is 33.3 Å². The zero-order valence-corrected chi connectivity index (χ0v) is 8.68. The summed E-state index contributed by atoms with van der Waals surface area (Å²) in [6.45, 7) is 9.02. The molecule has 1 saturated heterocycles. The molecular formula is C10H22NO+. The zero-order chi connectivity index (χ0) is 9.03. The molecule has 1 fully saturated rings. The van der Waals surface area contributed by atoms with Crippen molar-refractivity contribution < 1.29 is 9.22 Å². The maximum Gasteiger partial charge on any atom is 0.102 e. The molecule has 2 nitrogen and oxygen atoms in total. The summed E-state index contributed by atoms with van der Waals surface area (Å²) in [6.07, 6.45) is 3.19. The van der Waals surface area contributed by atoms with E-state index in [1.807, 2.05) is 0 Å². The van der Waals surface area contributed by atoms with Gasteiger partial charge in [0, 0.05) is 12.8 Å². The highest BCUT2D eigenvalue weighted by molar-refractivity contribution is 4.51. The summed E-state index contributed by atoms with van der Waals surface area (Å²) in [4.78, 5) is 0. The van der Waals surface area contributed by atoms with Gasteiger partial charge in [0.2, 0.25) is 0 Å². The van der Waals surface area contributed by atoms with Gasteiger partial charge in [-0.1, -0.05) is 0 Å². The third kappa shape index (κ3) is 3.11. The van der Waals surface area contributed by atoms with E-state index in [2.05, 4.69) is 20.9 Å². The molecule has 0 aromatic carbocycles. The SMILES string of the molecule is CC(C)OCC[N+]1(C)CCCC1. The maximum atomic E-state index is 5.55. The molecule has 1 aliphatic rings. The van der Waals surface area contributed by atoms with Crippen molar-refractivity contribution in [1.29, 1.82) is 0 Å². The van der Waals surface area contributed by atoms with E-state index in [0.29, 0.717) is 6.10 Å². The van der Waals surface area contributed by atoms with Crippen LogP contribution in [0.4, 0.5) is 0 Å². The monoisotopic (exact) mass is 172 g/mol. The number of hydrogen-bond acceptors (Lipinski definition) is 1. The van der Waals surface area contributed by atoms with Gasteiger partial charge in [0.05, 0.1) is 32.8 Å². The van der Waals surface area contributed by atoms with Crippen LogP contribution in [0.5, 0.6) is 0 Å². The molecule has 0 N–H and O–H groups in total. The Morgan fingerprint density at radius 2 is 1.83 bits per heavy atom. The van der Waals surface area contributed by atoms with Gasteiger partial charge in [-0.05, 0) is 13.8 Å². The lowest BCUT2D eigenvalue weighted by Crippen LogP contribution is -2.43. The molecule has 0 bridgehead atoms. The Balaban J connectivity index is 2.13. The van der Waals surface area contributed by atoms with Crippen LogP contribution in [0.15, 0.2) is 0 Å². The summed E-state index contributed by atoms with van der Waals surface area (Å²) in [6, 6.07) is 0. The maximum absolute atomic E-state index is 5.55. The first-order valence-corrected chi connectivity index (χ1v) is 5.07. The molecule has 1 rings (SSSR count). The summed E-state index contributed by atoms with van der Waals surface area (Å²) in [5.74, 6) is 0. The van der Waals surface area contributed by atoms with Crippen LogP contribution in [0.2, 0.25) is 0 Å². The number of nitrogens with zero attached hydrogens (tertiary/aromatic N) is 1. The van der Waals surface area contributed by atoms with Crippen LogP contribution in [-0.2, 0) is 4.74 Å². The van der Waals surface area contributed by atoms with Crippen LogP contribution in [-0.4, -0.2) is 43.9 Å². The second-order valence-corrected chi connectivity index (χ2v) is 4.42. The van der Waals surface area contributed by atoms with Gasteiger partial charge in [-0.2, -0.15) is 0 Å². The lowest BCUT2D eigenvalue weighted by molar-refractivity contribution is -0.898. The number of quaternary nitrogens is 1. The molecule has 2 heteroatoms. The average Bonchev–Trinajstić information content (AvgIpc) is 2.35. The van der Waals surface area contributed by atoms with Crippen molar-refractivity contribution in [2.45, 2.75) is 32.8 Å². The average molecular weight is 172 g/mol. The van der Waals surface area contributed by atoms with Gasteiger partial charge in [-0.15, -0.1) is 0 Å². The van der Waals surface area contributed by atoms with Crippen LogP contribution in [0.1, 0.15) is 26.7 Å². The summed E-state index contributed by atoms with van der Waals surface area (Å²) in [7, 11) is 2.34. The topological polar surface area (TPSA) is 9.23 Å². The first kappa shape index (κ1) is 10.0. The molecule has 0 amide bonds. The lowest BCUT2D eigenvalue weighted by Gasteiger charge is -2.29. The second-order valence-electron chi connectivity index (χ2n) is 4.42. The summed E-state index contributed by atoms with van der Waals surface area (Å²) in [5.41, 5.74) is 0. The molecule has 0 aliphatic carbocycles. The number of ether oxygens (including phenoxy) is 1. The molecule has 72 valence electrons. The van der Waals surface area contributed by atoms with Crippen molar-refractivity contribution in [3.05, 3.63) is 0 Å². The molecule has 0 atom stereocenters. The van der Waals surface area contributed by atoms with Crippen molar-refractivity contribution in [3.63, 3.8) is 0 Å². The number of likely N-dealkylation sites (tertiary alicyclic amines) is 1. The van der Waals surface area contributed by atoms with Crippen molar-refractivity contribution in [2.24, 2.45) is 0 Å². The Bertz CT molecular complexity index is 128. The van der Waals surface area contributed by atoms with Crippen molar-refractivity contribution >= 4 is 0 Å². The molecule has 0 aromatic rings. The van der Waals surface area contributed by atoms with Crippen LogP contribution < -0.4 is 0 Å². The normalized spacial score (nSPS) is 22.0. The van der Waals surface area contributed by atoms with Gasteiger partial charge in [0.25, 0.3) is 0 Å². The van der Waals surface area contributed by atoms with Crippen molar-refractivity contribution in [1.82, 2.24) is 0 Å². The predicted octanol–water partition coefficient (Wildman–Crippen LogP) is 1.65. The van der Waals surface area contributed by atoms with Gasteiger partial charge in [-0.25, -0.2) is 0 Å². The van der Waals surface area contributed by atoms with E-state index in [9.17, 15) is 0 Å². The fourth-order valence-corrected chi connectivity index (χ4v) is 1.83. The Morgan fingerprint density at radius 1 is 1.25 bits per heavy atom. The van der Waals surface area contributed by atoms with Gasteiger partial charge in [0.1, 0.15) is 6.54 Å². The third-order valence-corrected chi connectivity index (χ3v) is 2.73. The standard InChI is InChI=1S/C10H22NO/c1-10(2)12-9-8-11(3)6-4-5-7-11/h10H,4-9H2,1-3H3/q+1. The summed E-state index contributed by atoms with van der Waals surface area (Å²) >= 11 is 0. The molecule has 12 heavy (non-hydrogen) atoms. The number of rotatable bonds is 4. The molecule has 0 saturated carbocycles. The van der Waals surface area contributed by atoms with E-state index in [1.165, 1.54) is 37.0 Å². The molecular weight excluding hydrogens is 150 g/mol. The second kappa shape index (κ2) is 4.24. The predicted molar refractivity (Wildman–Crippen MR) is 51.1 cm³/mol. The summed E-state index contributed by atoms with van der Waals surface area (Å²) in [5, 5.41) is 0. The number of hydrogen-bond donors (Lipinski definition) is 0. The van der Waals surface area contributed by atoms with Crippen LogP contribution in [0, 0.1) is 0 Å². The minimum Gasteiger partial charge on any atom is -0.373 e. The molecule has 1 aliphatic heterocycles. The largest absolute Gasteiger partial charge is 0.373 e. The van der Waals surface area contributed by atoms with E-state index in [-0.39, 0.29) is 0 Å². The Hall–Kier alpha value is -0.0800. The van der Waals surface area contributed by atoms with Crippen LogP contribution in [0.3, 0.4) is 0 Å². The molecule has 0 spiro atoms. The first-order valence-electron chi connectivity index (χ1n) is 5.07. The minimum atomic E-state index is 0.388. The highest BCUT2D eigenvalue weighted by Crippen LogP contribution is 2.15. The zero-order valence-electron chi connectivity index (χ0n) is 8.68. The Labute approximate surface area is 76.1 Å². The quantitative estimate of drug-likeness (QED) is 0.586. The Morgan fingerprint density at radius 3 is 2.33 bits per heavy atom. The van der Waals surface area contributed by atoms with Crippen LogP contribution in [0.25, 0.3) is 0 Å². The molecule has 0 radical (unpaired) electrons. The van der Waals surface area contributed by atoms with E-state index in [0.717, 1.165) is 6.61 Å². The van der Waals surface area contributed by atoms with E-state index >= 15 is 0 Å². The van der Waals surface area contributed by atoms with E-state index < -0.39 is 0 Å². The fourth-order valence-electron chi connectivity index (χ4n) is 1.83.